The van der Waals surface area contributed by atoms with Gasteiger partial charge in [0.1, 0.15) is 10.8 Å². The second-order valence-electron chi connectivity index (χ2n) is 8.29. The van der Waals surface area contributed by atoms with Crippen LogP contribution in [0.15, 0.2) is 12.1 Å². The van der Waals surface area contributed by atoms with Crippen molar-refractivity contribution in [2.45, 2.75) is 57.5 Å². The molecule has 0 saturated heterocycles. The number of hydrogen-bond acceptors (Lipinski definition) is 5. The molecule has 0 bridgehead atoms. The topological polar surface area (TPSA) is 89.9 Å². The molecule has 3 aliphatic carbocycles. The van der Waals surface area contributed by atoms with Crippen molar-refractivity contribution in [1.29, 1.82) is 0 Å². The van der Waals surface area contributed by atoms with Crippen LogP contribution in [-0.2, 0) is 25.5 Å². The standard InChI is InChI=1S/C22H22Cl2O6/c1-2-21-7-4-13(25)9-14(21)17-12(10-21)8-15(18(23)19(17)24)29-11-16(26)30-22(20(27)28)5-3-6-22/h8-9H,2-7,10-11H2,1H3,(H,27,28). The number of carboxylic acids is 1. The van der Waals surface area contributed by atoms with Crippen molar-refractivity contribution < 1.29 is 29.0 Å². The Morgan fingerprint density at radius 3 is 2.53 bits per heavy atom. The lowest BCUT2D eigenvalue weighted by molar-refractivity contribution is -0.190. The Hall–Kier alpha value is -2.05. The third-order valence-corrected chi connectivity index (χ3v) is 7.51. The Labute approximate surface area is 184 Å². The van der Waals surface area contributed by atoms with E-state index < -0.39 is 24.1 Å². The lowest BCUT2D eigenvalue weighted by Gasteiger charge is -2.36. The van der Waals surface area contributed by atoms with E-state index in [0.29, 0.717) is 30.7 Å². The van der Waals surface area contributed by atoms with Crippen LogP contribution in [-0.4, -0.2) is 35.0 Å². The summed E-state index contributed by atoms with van der Waals surface area (Å²) in [6.45, 7) is 1.63. The monoisotopic (exact) mass is 452 g/mol. The van der Waals surface area contributed by atoms with Crippen molar-refractivity contribution in [2.75, 3.05) is 6.61 Å². The van der Waals surface area contributed by atoms with Gasteiger partial charge in [-0.2, -0.15) is 0 Å². The summed E-state index contributed by atoms with van der Waals surface area (Å²) in [7, 11) is 0. The summed E-state index contributed by atoms with van der Waals surface area (Å²) in [5.74, 6) is -1.58. The molecule has 0 aliphatic heterocycles. The minimum Gasteiger partial charge on any atom is -0.480 e. The number of allylic oxidation sites excluding steroid dienone is 2. The predicted molar refractivity (Wildman–Crippen MR) is 111 cm³/mol. The molecule has 30 heavy (non-hydrogen) atoms. The van der Waals surface area contributed by atoms with Crippen molar-refractivity contribution in [3.63, 3.8) is 0 Å². The summed E-state index contributed by atoms with van der Waals surface area (Å²) in [6, 6.07) is 1.76. The van der Waals surface area contributed by atoms with Crippen LogP contribution < -0.4 is 4.74 Å². The first kappa shape index (κ1) is 21.2. The lowest BCUT2D eigenvalue weighted by atomic mass is 9.71. The molecule has 6 nitrogen and oxygen atoms in total. The van der Waals surface area contributed by atoms with E-state index >= 15 is 0 Å². The van der Waals surface area contributed by atoms with Gasteiger partial charge < -0.3 is 14.6 Å². The molecule has 1 saturated carbocycles. The maximum Gasteiger partial charge on any atom is 0.348 e. The molecule has 1 unspecified atom stereocenters. The van der Waals surface area contributed by atoms with Crippen LogP contribution in [0.4, 0.5) is 0 Å². The van der Waals surface area contributed by atoms with Crippen LogP contribution in [0, 0.1) is 5.41 Å². The van der Waals surface area contributed by atoms with E-state index in [0.717, 1.165) is 36.0 Å². The zero-order chi connectivity index (χ0) is 21.7. The molecule has 0 aromatic heterocycles. The maximum atomic E-state index is 12.2. The number of esters is 1. The molecule has 1 fully saturated rings. The highest BCUT2D eigenvalue weighted by Gasteiger charge is 2.48. The lowest BCUT2D eigenvalue weighted by Crippen LogP contribution is -2.49. The Kier molecular flexibility index (Phi) is 5.35. The summed E-state index contributed by atoms with van der Waals surface area (Å²) >= 11 is 13.0. The Bertz CT molecular complexity index is 978. The summed E-state index contributed by atoms with van der Waals surface area (Å²) in [5, 5.41) is 9.74. The van der Waals surface area contributed by atoms with Gasteiger partial charge in [0.15, 0.2) is 12.4 Å². The van der Waals surface area contributed by atoms with Gasteiger partial charge in [-0.3, -0.25) is 4.79 Å². The number of benzene rings is 1. The van der Waals surface area contributed by atoms with Gasteiger partial charge in [-0.25, -0.2) is 9.59 Å². The molecular weight excluding hydrogens is 431 g/mol. The molecule has 1 N–H and O–H groups in total. The second-order valence-corrected chi connectivity index (χ2v) is 9.04. The number of fused-ring (bicyclic) bond motifs is 3. The van der Waals surface area contributed by atoms with Crippen LogP contribution in [0.1, 0.15) is 56.6 Å². The predicted octanol–water partition coefficient (Wildman–Crippen LogP) is 4.62. The van der Waals surface area contributed by atoms with Crippen molar-refractivity contribution in [3.05, 3.63) is 33.3 Å². The van der Waals surface area contributed by atoms with E-state index in [2.05, 4.69) is 6.92 Å². The van der Waals surface area contributed by atoms with Crippen molar-refractivity contribution in [3.8, 4) is 5.75 Å². The largest absolute Gasteiger partial charge is 0.480 e. The molecule has 4 rings (SSSR count). The third-order valence-electron chi connectivity index (χ3n) is 6.66. The zero-order valence-electron chi connectivity index (χ0n) is 16.6. The number of ketones is 1. The zero-order valence-corrected chi connectivity index (χ0v) is 18.1. The SMILES string of the molecule is CCC12CCC(=O)C=C1c1c(cc(OCC(=O)OC3(C(=O)O)CCC3)c(Cl)c1Cl)C2. The van der Waals surface area contributed by atoms with Gasteiger partial charge in [-0.15, -0.1) is 0 Å². The average Bonchev–Trinajstić information content (AvgIpc) is 3.00. The average molecular weight is 453 g/mol. The van der Waals surface area contributed by atoms with Gasteiger partial charge in [0.05, 0.1) is 5.02 Å². The number of hydrogen-bond donors (Lipinski definition) is 1. The third kappa shape index (κ3) is 3.30. The van der Waals surface area contributed by atoms with E-state index in [1.807, 2.05) is 0 Å². The molecule has 1 atom stereocenters. The highest BCUT2D eigenvalue weighted by molar-refractivity contribution is 6.44. The number of halogens is 2. The molecule has 1 aromatic carbocycles. The molecule has 8 heteroatoms. The van der Waals surface area contributed by atoms with Crippen LogP contribution in [0.25, 0.3) is 5.57 Å². The van der Waals surface area contributed by atoms with E-state index in [4.69, 9.17) is 32.7 Å². The van der Waals surface area contributed by atoms with Gasteiger partial charge in [-0.1, -0.05) is 30.1 Å². The normalized spacial score (nSPS) is 23.7. The number of carbonyl (C=O) groups is 3. The van der Waals surface area contributed by atoms with Crippen LogP contribution in [0.2, 0.25) is 10.0 Å². The van der Waals surface area contributed by atoms with E-state index in [1.165, 1.54) is 0 Å². The van der Waals surface area contributed by atoms with Gasteiger partial charge in [-0.05, 0) is 61.8 Å². The minimum absolute atomic E-state index is 0.0838. The second kappa shape index (κ2) is 7.57. The van der Waals surface area contributed by atoms with Crippen molar-refractivity contribution in [1.82, 2.24) is 0 Å². The number of rotatable bonds is 6. The molecule has 0 amide bonds. The number of carbonyl (C=O) groups excluding carboxylic acids is 2. The summed E-state index contributed by atoms with van der Waals surface area (Å²) in [5.41, 5.74) is 1.06. The van der Waals surface area contributed by atoms with Gasteiger partial charge in [0.25, 0.3) is 0 Å². The van der Waals surface area contributed by atoms with Gasteiger partial charge >= 0.3 is 11.9 Å². The minimum atomic E-state index is -1.44. The highest BCUT2D eigenvalue weighted by atomic mass is 35.5. The first-order valence-electron chi connectivity index (χ1n) is 10.1. The first-order valence-corrected chi connectivity index (χ1v) is 10.8. The van der Waals surface area contributed by atoms with Gasteiger partial charge in [0.2, 0.25) is 5.60 Å². The highest BCUT2D eigenvalue weighted by Crippen LogP contribution is 2.57. The van der Waals surface area contributed by atoms with E-state index in [-0.39, 0.29) is 22.0 Å². The molecule has 3 aliphatic rings. The first-order chi connectivity index (χ1) is 14.2. The molecular formula is C22H22Cl2O6. The summed E-state index contributed by atoms with van der Waals surface area (Å²) in [6.07, 6.45) is 5.84. The quantitative estimate of drug-likeness (QED) is 0.633. The Morgan fingerprint density at radius 2 is 1.93 bits per heavy atom. The summed E-state index contributed by atoms with van der Waals surface area (Å²) < 4.78 is 10.7. The van der Waals surface area contributed by atoms with E-state index in [9.17, 15) is 19.5 Å². The molecule has 0 spiro atoms. The summed E-state index contributed by atoms with van der Waals surface area (Å²) in [4.78, 5) is 35.6. The van der Waals surface area contributed by atoms with Crippen LogP contribution >= 0.6 is 23.2 Å². The van der Waals surface area contributed by atoms with Gasteiger partial charge in [0, 0.05) is 17.4 Å². The number of aliphatic carboxylic acids is 1. The van der Waals surface area contributed by atoms with E-state index in [1.54, 1.807) is 12.1 Å². The van der Waals surface area contributed by atoms with Crippen molar-refractivity contribution >= 4 is 46.5 Å². The van der Waals surface area contributed by atoms with Crippen LogP contribution in [0.3, 0.4) is 0 Å². The molecule has 0 radical (unpaired) electrons. The van der Waals surface area contributed by atoms with Crippen LogP contribution in [0.5, 0.6) is 5.75 Å². The Balaban J connectivity index is 1.56. The number of carboxylic acid groups (broad SMARTS) is 1. The smallest absolute Gasteiger partial charge is 0.348 e. The number of ether oxygens (including phenoxy) is 2. The maximum absolute atomic E-state index is 12.2. The molecule has 0 heterocycles. The van der Waals surface area contributed by atoms with Crippen molar-refractivity contribution in [2.24, 2.45) is 5.41 Å². The fraction of sp³-hybridized carbons (Fsp3) is 0.500. The molecule has 160 valence electrons. The Morgan fingerprint density at radius 1 is 1.20 bits per heavy atom. The fourth-order valence-electron chi connectivity index (χ4n) is 4.69. The molecule has 1 aromatic rings. The fourth-order valence-corrected chi connectivity index (χ4v) is 5.21.